The molecule has 1 fully saturated rings. The minimum absolute atomic E-state index is 0.833. The van der Waals surface area contributed by atoms with Crippen LogP contribution in [0.15, 0.2) is 0 Å². The second-order valence-electron chi connectivity index (χ2n) is 4.66. The Hall–Kier alpha value is -0.410. The standard InChI is InChI=1S/C12H18N2S/c1-2-4-11-10(3-1)14-12(15-11)7-8-13-9-5-6-9/h9,13H,1-8H2. The van der Waals surface area contributed by atoms with Crippen molar-refractivity contribution in [3.8, 4) is 0 Å². The van der Waals surface area contributed by atoms with E-state index in [1.54, 1.807) is 4.88 Å². The van der Waals surface area contributed by atoms with Crippen LogP contribution < -0.4 is 5.32 Å². The molecule has 1 N–H and O–H groups in total. The van der Waals surface area contributed by atoms with E-state index in [4.69, 9.17) is 4.98 Å². The molecule has 0 unspecified atom stereocenters. The Morgan fingerprint density at radius 3 is 2.93 bits per heavy atom. The van der Waals surface area contributed by atoms with E-state index in [2.05, 4.69) is 5.32 Å². The molecule has 0 bridgehead atoms. The molecule has 2 aliphatic rings. The quantitative estimate of drug-likeness (QED) is 0.845. The second kappa shape index (κ2) is 4.22. The molecule has 0 spiro atoms. The smallest absolute Gasteiger partial charge is 0.0943 e. The number of nitrogens with zero attached hydrogens (tertiary/aromatic N) is 1. The highest BCUT2D eigenvalue weighted by atomic mass is 32.1. The van der Waals surface area contributed by atoms with Gasteiger partial charge in [0.15, 0.2) is 0 Å². The molecule has 0 aliphatic heterocycles. The van der Waals surface area contributed by atoms with Crippen molar-refractivity contribution < 1.29 is 0 Å². The van der Waals surface area contributed by atoms with Crippen molar-refractivity contribution in [1.82, 2.24) is 10.3 Å². The molecule has 0 radical (unpaired) electrons. The second-order valence-corrected chi connectivity index (χ2v) is 5.83. The maximum Gasteiger partial charge on any atom is 0.0943 e. The topological polar surface area (TPSA) is 24.9 Å². The molecule has 3 heteroatoms. The summed E-state index contributed by atoms with van der Waals surface area (Å²) in [5.74, 6) is 0. The summed E-state index contributed by atoms with van der Waals surface area (Å²) in [4.78, 5) is 6.32. The summed E-state index contributed by atoms with van der Waals surface area (Å²) in [7, 11) is 0. The Morgan fingerprint density at radius 2 is 2.13 bits per heavy atom. The monoisotopic (exact) mass is 222 g/mol. The maximum atomic E-state index is 4.75. The Balaban J connectivity index is 1.57. The molecule has 0 saturated heterocycles. The number of rotatable bonds is 4. The third-order valence-electron chi connectivity index (χ3n) is 3.24. The third kappa shape index (κ3) is 2.40. The van der Waals surface area contributed by atoms with Crippen LogP contribution in [0.3, 0.4) is 0 Å². The molecule has 0 atom stereocenters. The van der Waals surface area contributed by atoms with Crippen molar-refractivity contribution in [2.45, 2.75) is 51.0 Å². The molecular formula is C12H18N2S. The summed E-state index contributed by atoms with van der Waals surface area (Å²) in [6, 6.07) is 0.833. The van der Waals surface area contributed by atoms with E-state index in [0.717, 1.165) is 19.0 Å². The van der Waals surface area contributed by atoms with E-state index in [9.17, 15) is 0 Å². The predicted molar refractivity (Wildman–Crippen MR) is 63.5 cm³/mol. The zero-order chi connectivity index (χ0) is 10.1. The molecule has 1 aromatic heterocycles. The summed E-state index contributed by atoms with van der Waals surface area (Å²) in [6.45, 7) is 1.12. The fraction of sp³-hybridized carbons (Fsp3) is 0.750. The molecule has 1 aromatic rings. The van der Waals surface area contributed by atoms with Crippen LogP contribution in [-0.4, -0.2) is 17.6 Å². The van der Waals surface area contributed by atoms with Gasteiger partial charge in [0.2, 0.25) is 0 Å². The van der Waals surface area contributed by atoms with Gasteiger partial charge in [0, 0.05) is 23.9 Å². The van der Waals surface area contributed by atoms with Crippen LogP contribution in [0.1, 0.15) is 41.3 Å². The van der Waals surface area contributed by atoms with Gasteiger partial charge in [-0.15, -0.1) is 11.3 Å². The van der Waals surface area contributed by atoms with Gasteiger partial charge < -0.3 is 5.32 Å². The van der Waals surface area contributed by atoms with Crippen molar-refractivity contribution in [2.24, 2.45) is 0 Å². The largest absolute Gasteiger partial charge is 0.314 e. The first-order valence-electron chi connectivity index (χ1n) is 6.12. The number of fused-ring (bicyclic) bond motifs is 1. The summed E-state index contributed by atoms with van der Waals surface area (Å²) < 4.78 is 0. The first-order chi connectivity index (χ1) is 7.42. The third-order valence-corrected chi connectivity index (χ3v) is 4.46. The van der Waals surface area contributed by atoms with Crippen LogP contribution in [0.2, 0.25) is 0 Å². The van der Waals surface area contributed by atoms with E-state index in [0.29, 0.717) is 0 Å². The minimum Gasteiger partial charge on any atom is -0.314 e. The van der Waals surface area contributed by atoms with Gasteiger partial charge in [-0.05, 0) is 38.5 Å². The molecule has 0 aromatic carbocycles. The molecule has 15 heavy (non-hydrogen) atoms. The van der Waals surface area contributed by atoms with Gasteiger partial charge >= 0.3 is 0 Å². The number of hydrogen-bond acceptors (Lipinski definition) is 3. The van der Waals surface area contributed by atoms with Crippen LogP contribution in [0.4, 0.5) is 0 Å². The van der Waals surface area contributed by atoms with Crippen LogP contribution in [0.25, 0.3) is 0 Å². The maximum absolute atomic E-state index is 4.75. The van der Waals surface area contributed by atoms with Crippen molar-refractivity contribution in [3.05, 3.63) is 15.6 Å². The minimum atomic E-state index is 0.833. The van der Waals surface area contributed by atoms with E-state index < -0.39 is 0 Å². The average Bonchev–Trinajstić information content (AvgIpc) is 2.97. The first kappa shape index (κ1) is 9.79. The fourth-order valence-electron chi connectivity index (χ4n) is 2.18. The normalized spacial score (nSPS) is 20.3. The van der Waals surface area contributed by atoms with Gasteiger partial charge in [0.1, 0.15) is 0 Å². The lowest BCUT2D eigenvalue weighted by molar-refractivity contribution is 0.668. The van der Waals surface area contributed by atoms with E-state index >= 15 is 0 Å². The Morgan fingerprint density at radius 1 is 1.27 bits per heavy atom. The highest BCUT2D eigenvalue weighted by molar-refractivity contribution is 7.11. The highest BCUT2D eigenvalue weighted by Crippen LogP contribution is 2.27. The van der Waals surface area contributed by atoms with Crippen LogP contribution in [-0.2, 0) is 19.3 Å². The molecule has 82 valence electrons. The average molecular weight is 222 g/mol. The Kier molecular flexibility index (Phi) is 2.76. The van der Waals surface area contributed by atoms with Crippen LogP contribution >= 0.6 is 11.3 Å². The zero-order valence-corrected chi connectivity index (χ0v) is 9.91. The number of hydrogen-bond donors (Lipinski definition) is 1. The molecular weight excluding hydrogens is 204 g/mol. The van der Waals surface area contributed by atoms with Gasteiger partial charge in [0.05, 0.1) is 10.7 Å². The molecule has 1 saturated carbocycles. The number of thiazole rings is 1. The first-order valence-corrected chi connectivity index (χ1v) is 6.94. The molecule has 0 amide bonds. The van der Waals surface area contributed by atoms with E-state index in [1.165, 1.54) is 49.2 Å². The van der Waals surface area contributed by atoms with Crippen molar-refractivity contribution in [2.75, 3.05) is 6.54 Å². The van der Waals surface area contributed by atoms with Crippen LogP contribution in [0, 0.1) is 0 Å². The van der Waals surface area contributed by atoms with E-state index in [-0.39, 0.29) is 0 Å². The summed E-state index contributed by atoms with van der Waals surface area (Å²) in [6.07, 6.45) is 9.12. The number of aromatic nitrogens is 1. The van der Waals surface area contributed by atoms with Gasteiger partial charge in [-0.3, -0.25) is 0 Å². The predicted octanol–water partition coefficient (Wildman–Crippen LogP) is 2.32. The molecule has 3 rings (SSSR count). The SMILES string of the molecule is C1CCc2sc(CCNC3CC3)nc2C1. The molecule has 1 heterocycles. The van der Waals surface area contributed by atoms with Gasteiger partial charge in [-0.25, -0.2) is 4.98 Å². The van der Waals surface area contributed by atoms with Gasteiger partial charge in [-0.1, -0.05) is 0 Å². The zero-order valence-electron chi connectivity index (χ0n) is 9.09. The van der Waals surface area contributed by atoms with Gasteiger partial charge in [-0.2, -0.15) is 0 Å². The van der Waals surface area contributed by atoms with Crippen LogP contribution in [0.5, 0.6) is 0 Å². The number of aryl methyl sites for hydroxylation is 2. The summed E-state index contributed by atoms with van der Waals surface area (Å²) in [5.41, 5.74) is 1.41. The lowest BCUT2D eigenvalue weighted by atomic mass is 10.0. The molecule has 2 nitrogen and oxygen atoms in total. The van der Waals surface area contributed by atoms with E-state index in [1.807, 2.05) is 11.3 Å². The lowest BCUT2D eigenvalue weighted by Crippen LogP contribution is -2.19. The van der Waals surface area contributed by atoms with Crippen molar-refractivity contribution in [3.63, 3.8) is 0 Å². The number of nitrogens with one attached hydrogen (secondary N) is 1. The Bertz CT molecular complexity index is 318. The summed E-state index contributed by atoms with van der Waals surface area (Å²) >= 11 is 1.96. The highest BCUT2D eigenvalue weighted by Gasteiger charge is 2.20. The Labute approximate surface area is 95.1 Å². The fourth-order valence-corrected chi connectivity index (χ4v) is 3.34. The van der Waals surface area contributed by atoms with Crippen molar-refractivity contribution >= 4 is 11.3 Å². The van der Waals surface area contributed by atoms with Gasteiger partial charge in [0.25, 0.3) is 0 Å². The van der Waals surface area contributed by atoms with Crippen molar-refractivity contribution in [1.29, 1.82) is 0 Å². The lowest BCUT2D eigenvalue weighted by Gasteiger charge is -2.06. The summed E-state index contributed by atoms with van der Waals surface area (Å²) in [5, 5.41) is 4.91. The molecule has 2 aliphatic carbocycles.